The van der Waals surface area contributed by atoms with E-state index in [0.717, 1.165) is 17.9 Å². The Labute approximate surface area is 191 Å². The van der Waals surface area contributed by atoms with Crippen molar-refractivity contribution in [1.82, 2.24) is 0 Å². The molecular weight excluding hydrogens is 403 g/mol. The summed E-state index contributed by atoms with van der Waals surface area (Å²) in [5, 5.41) is 0. The van der Waals surface area contributed by atoms with E-state index in [4.69, 9.17) is 9.05 Å². The summed E-state index contributed by atoms with van der Waals surface area (Å²) in [4.78, 5) is 10.9. The highest BCUT2D eigenvalue weighted by Gasteiger charge is 2.30. The summed E-state index contributed by atoms with van der Waals surface area (Å²) >= 11 is 0. The SMILES string of the molecule is Cc1cc2c(c(C3CCCCC3)c1)OP(O)Oc1c(cc(C)cc1C1CCCCC1)C2.[HH].[HH]. The molecule has 1 heterocycles. The summed E-state index contributed by atoms with van der Waals surface area (Å²) in [6, 6.07) is 9.07. The van der Waals surface area contributed by atoms with Crippen molar-refractivity contribution in [1.29, 1.82) is 0 Å². The van der Waals surface area contributed by atoms with Gasteiger partial charge in [0.05, 0.1) is 0 Å². The first-order valence-electron chi connectivity index (χ1n) is 12.2. The van der Waals surface area contributed by atoms with Gasteiger partial charge in [-0.05, 0) is 73.6 Å². The van der Waals surface area contributed by atoms with Gasteiger partial charge in [0, 0.05) is 9.27 Å². The first-order valence-corrected chi connectivity index (χ1v) is 13.3. The normalized spacial score (nSPS) is 20.7. The lowest BCUT2D eigenvalue weighted by atomic mass is 9.80. The number of rotatable bonds is 2. The molecule has 3 nitrogen and oxygen atoms in total. The summed E-state index contributed by atoms with van der Waals surface area (Å²) < 4.78 is 12.4. The largest absolute Gasteiger partial charge is 0.460 e. The predicted molar refractivity (Wildman–Crippen MR) is 131 cm³/mol. The van der Waals surface area contributed by atoms with Gasteiger partial charge in [0.1, 0.15) is 11.5 Å². The summed E-state index contributed by atoms with van der Waals surface area (Å²) in [5.74, 6) is 2.83. The van der Waals surface area contributed by atoms with Crippen LogP contribution in [0.2, 0.25) is 0 Å². The maximum atomic E-state index is 10.9. The molecule has 2 aliphatic carbocycles. The van der Waals surface area contributed by atoms with E-state index in [1.165, 1.54) is 97.6 Å². The molecule has 2 aromatic carbocycles. The molecule has 1 N–H and O–H groups in total. The summed E-state index contributed by atoms with van der Waals surface area (Å²) in [6.07, 6.45) is 13.4. The Morgan fingerprint density at radius 3 is 1.55 bits per heavy atom. The van der Waals surface area contributed by atoms with Crippen molar-refractivity contribution in [2.45, 2.75) is 96.3 Å². The van der Waals surface area contributed by atoms with E-state index < -0.39 is 8.60 Å². The molecule has 0 amide bonds. The number of aryl methyl sites for hydroxylation is 2. The van der Waals surface area contributed by atoms with Crippen LogP contribution in [0.25, 0.3) is 0 Å². The van der Waals surface area contributed by atoms with Gasteiger partial charge in [-0.1, -0.05) is 73.9 Å². The minimum Gasteiger partial charge on any atom is -0.417 e. The lowest BCUT2D eigenvalue weighted by molar-refractivity contribution is 0.360. The first-order chi connectivity index (χ1) is 15.1. The van der Waals surface area contributed by atoms with Gasteiger partial charge >= 0.3 is 8.60 Å². The zero-order chi connectivity index (χ0) is 21.4. The fraction of sp³-hybridized carbons (Fsp3) is 0.556. The molecule has 0 bridgehead atoms. The number of hydrogen-bond donors (Lipinski definition) is 1. The minimum absolute atomic E-state index is 0. The van der Waals surface area contributed by atoms with Gasteiger partial charge in [0.25, 0.3) is 0 Å². The second-order valence-electron chi connectivity index (χ2n) is 9.95. The van der Waals surface area contributed by atoms with Crippen LogP contribution in [0.5, 0.6) is 11.5 Å². The molecule has 0 saturated heterocycles. The van der Waals surface area contributed by atoms with Crippen molar-refractivity contribution >= 4 is 8.60 Å². The Balaban J connectivity index is 0.00000153. The molecule has 4 heteroatoms. The van der Waals surface area contributed by atoms with Crippen LogP contribution < -0.4 is 9.05 Å². The van der Waals surface area contributed by atoms with Crippen molar-refractivity contribution in [3.63, 3.8) is 0 Å². The molecule has 1 aliphatic heterocycles. The Morgan fingerprint density at radius 1 is 0.710 bits per heavy atom. The van der Waals surface area contributed by atoms with E-state index in [-0.39, 0.29) is 2.85 Å². The molecule has 170 valence electrons. The third-order valence-corrected chi connectivity index (χ3v) is 8.17. The van der Waals surface area contributed by atoms with Gasteiger partial charge in [-0.15, -0.1) is 0 Å². The first kappa shape index (κ1) is 21.3. The van der Waals surface area contributed by atoms with Crippen LogP contribution >= 0.6 is 8.60 Å². The zero-order valence-electron chi connectivity index (χ0n) is 19.0. The molecule has 0 radical (unpaired) electrons. The summed E-state index contributed by atoms with van der Waals surface area (Å²) in [6.45, 7) is 4.38. The van der Waals surface area contributed by atoms with E-state index in [2.05, 4.69) is 38.1 Å². The van der Waals surface area contributed by atoms with Crippen LogP contribution in [-0.4, -0.2) is 4.89 Å². The molecule has 0 unspecified atom stereocenters. The van der Waals surface area contributed by atoms with Crippen molar-refractivity contribution < 1.29 is 16.8 Å². The zero-order valence-corrected chi connectivity index (χ0v) is 19.8. The van der Waals surface area contributed by atoms with E-state index in [0.29, 0.717) is 11.8 Å². The van der Waals surface area contributed by atoms with Crippen LogP contribution in [0.4, 0.5) is 0 Å². The van der Waals surface area contributed by atoms with Gasteiger partial charge < -0.3 is 13.9 Å². The van der Waals surface area contributed by atoms with Crippen LogP contribution in [0.3, 0.4) is 0 Å². The number of hydrogen-bond acceptors (Lipinski definition) is 3. The Kier molecular flexibility index (Phi) is 6.26. The average Bonchev–Trinajstić information content (AvgIpc) is 2.77. The molecule has 5 rings (SSSR count). The topological polar surface area (TPSA) is 38.7 Å². The van der Waals surface area contributed by atoms with Crippen LogP contribution in [0.1, 0.15) is 112 Å². The summed E-state index contributed by atoms with van der Waals surface area (Å²) in [5.41, 5.74) is 7.53. The third kappa shape index (κ3) is 4.50. The second-order valence-corrected chi connectivity index (χ2v) is 10.8. The van der Waals surface area contributed by atoms with Gasteiger partial charge in [-0.2, -0.15) is 0 Å². The van der Waals surface area contributed by atoms with Gasteiger partial charge in [-0.3, -0.25) is 0 Å². The molecule has 0 aromatic heterocycles. The quantitative estimate of drug-likeness (QED) is 0.474. The smallest absolute Gasteiger partial charge is 0.417 e. The van der Waals surface area contributed by atoms with Gasteiger partial charge in [0.15, 0.2) is 0 Å². The lowest BCUT2D eigenvalue weighted by Gasteiger charge is -2.30. The average molecular weight is 443 g/mol. The minimum atomic E-state index is -2.00. The molecule has 0 atom stereocenters. The van der Waals surface area contributed by atoms with Crippen molar-refractivity contribution in [2.75, 3.05) is 0 Å². The second kappa shape index (κ2) is 9.12. The molecule has 2 saturated carbocycles. The predicted octanol–water partition coefficient (Wildman–Crippen LogP) is 8.47. The van der Waals surface area contributed by atoms with Crippen molar-refractivity contribution in [3.05, 3.63) is 57.6 Å². The van der Waals surface area contributed by atoms with Crippen LogP contribution in [0.15, 0.2) is 24.3 Å². The van der Waals surface area contributed by atoms with Crippen LogP contribution in [0, 0.1) is 13.8 Å². The van der Waals surface area contributed by atoms with E-state index in [1.54, 1.807) is 0 Å². The number of benzene rings is 2. The Bertz CT molecular complexity index is 877. The number of fused-ring (bicyclic) bond motifs is 2. The molecule has 3 aliphatic rings. The maximum Gasteiger partial charge on any atom is 0.460 e. The van der Waals surface area contributed by atoms with E-state index >= 15 is 0 Å². The molecular formula is C27H39O3P. The van der Waals surface area contributed by atoms with Gasteiger partial charge in [-0.25, -0.2) is 0 Å². The fourth-order valence-electron chi connectivity index (χ4n) is 6.06. The highest BCUT2D eigenvalue weighted by atomic mass is 31.2. The molecule has 0 spiro atoms. The molecule has 2 fully saturated rings. The Hall–Kier alpha value is -1.57. The highest BCUT2D eigenvalue weighted by Crippen LogP contribution is 2.51. The van der Waals surface area contributed by atoms with Crippen molar-refractivity contribution in [3.8, 4) is 11.5 Å². The molecule has 31 heavy (non-hydrogen) atoms. The lowest BCUT2D eigenvalue weighted by Crippen LogP contribution is -2.13. The standard InChI is InChI=1S/C27H35O3P.2H2/c1-18-13-22-17-23-14-19(2)16-25(21-11-7-4-8-12-21)27(23)30-31(28)29-26(22)24(15-18)20-9-5-3-6-10-20;;/h13-16,20-21,28H,3-12,17H2,1-2H3;2*1H. The third-order valence-electron chi connectivity index (χ3n) is 7.49. The van der Waals surface area contributed by atoms with Crippen molar-refractivity contribution in [2.24, 2.45) is 0 Å². The summed E-state index contributed by atoms with van der Waals surface area (Å²) in [7, 11) is -2.00. The van der Waals surface area contributed by atoms with Crippen LogP contribution in [-0.2, 0) is 6.42 Å². The Morgan fingerprint density at radius 2 is 1.13 bits per heavy atom. The van der Waals surface area contributed by atoms with Gasteiger partial charge in [0.2, 0.25) is 0 Å². The monoisotopic (exact) mass is 442 g/mol. The highest BCUT2D eigenvalue weighted by molar-refractivity contribution is 7.41. The van der Waals surface area contributed by atoms with E-state index in [9.17, 15) is 4.89 Å². The maximum absolute atomic E-state index is 10.9. The molecule has 2 aromatic rings. The van der Waals surface area contributed by atoms with E-state index in [1.807, 2.05) is 0 Å². The fourth-order valence-corrected chi connectivity index (χ4v) is 6.85.